The molecule has 4 N–H and O–H groups in total. The van der Waals surface area contributed by atoms with E-state index in [4.69, 9.17) is 16.2 Å². The standard InChI is InChI=1S/C13H20N4O/c1-3-10(2)18-9-12-6-4-11(5-7-12)8-16-17-13(14)15/h4-8,10H,3,9H2,1-2H3,(H4,14,15,17). The van der Waals surface area contributed by atoms with E-state index in [1.54, 1.807) is 6.21 Å². The van der Waals surface area contributed by atoms with E-state index < -0.39 is 0 Å². The van der Waals surface area contributed by atoms with Crippen LogP contribution in [0.25, 0.3) is 0 Å². The molecule has 0 aliphatic carbocycles. The Hall–Kier alpha value is -1.88. The van der Waals surface area contributed by atoms with Crippen molar-refractivity contribution in [2.75, 3.05) is 0 Å². The molecule has 1 rings (SSSR count). The van der Waals surface area contributed by atoms with Crippen LogP contribution in [0.4, 0.5) is 0 Å². The summed E-state index contributed by atoms with van der Waals surface area (Å²) < 4.78 is 5.64. The van der Waals surface area contributed by atoms with Crippen molar-refractivity contribution in [2.45, 2.75) is 33.0 Å². The van der Waals surface area contributed by atoms with Crippen molar-refractivity contribution in [3.63, 3.8) is 0 Å². The summed E-state index contributed by atoms with van der Waals surface area (Å²) in [6.07, 6.45) is 2.90. The molecule has 0 aromatic heterocycles. The van der Waals surface area contributed by atoms with Gasteiger partial charge < -0.3 is 16.2 Å². The molecule has 0 amide bonds. The molecule has 0 bridgehead atoms. The second kappa shape index (κ2) is 7.45. The van der Waals surface area contributed by atoms with Gasteiger partial charge in [0.2, 0.25) is 5.96 Å². The van der Waals surface area contributed by atoms with Gasteiger partial charge in [-0.25, -0.2) is 0 Å². The first kappa shape index (κ1) is 14.2. The molecule has 0 radical (unpaired) electrons. The van der Waals surface area contributed by atoms with E-state index in [-0.39, 0.29) is 12.1 Å². The summed E-state index contributed by atoms with van der Waals surface area (Å²) in [7, 11) is 0. The van der Waals surface area contributed by atoms with Crippen molar-refractivity contribution in [1.82, 2.24) is 0 Å². The first-order valence-electron chi connectivity index (χ1n) is 5.94. The Bertz CT molecular complexity index is 408. The van der Waals surface area contributed by atoms with Crippen LogP contribution in [0.15, 0.2) is 34.5 Å². The average molecular weight is 248 g/mol. The maximum atomic E-state index is 5.64. The minimum absolute atomic E-state index is 0.0511. The molecular weight excluding hydrogens is 228 g/mol. The normalized spacial score (nSPS) is 12.6. The van der Waals surface area contributed by atoms with E-state index in [9.17, 15) is 0 Å². The molecule has 98 valence electrons. The lowest BCUT2D eigenvalue weighted by atomic mass is 10.1. The summed E-state index contributed by atoms with van der Waals surface area (Å²) >= 11 is 0. The number of guanidine groups is 1. The third kappa shape index (κ3) is 5.45. The van der Waals surface area contributed by atoms with Crippen molar-refractivity contribution in [3.05, 3.63) is 35.4 Å². The van der Waals surface area contributed by atoms with Crippen LogP contribution in [0.3, 0.4) is 0 Å². The second-order valence-corrected chi connectivity index (χ2v) is 4.04. The molecule has 0 heterocycles. The zero-order valence-corrected chi connectivity index (χ0v) is 10.8. The summed E-state index contributed by atoms with van der Waals surface area (Å²) in [5.41, 5.74) is 12.4. The summed E-state index contributed by atoms with van der Waals surface area (Å²) in [5, 5.41) is 7.27. The smallest absolute Gasteiger partial charge is 0.211 e. The van der Waals surface area contributed by atoms with Gasteiger partial charge in [0, 0.05) is 0 Å². The Morgan fingerprint density at radius 1 is 1.33 bits per heavy atom. The Labute approximate surface area is 108 Å². The predicted molar refractivity (Wildman–Crippen MR) is 74.4 cm³/mol. The number of benzene rings is 1. The average Bonchev–Trinajstić information content (AvgIpc) is 2.37. The SMILES string of the molecule is CCC(C)OCc1ccc(C=NN=C(N)N)cc1. The van der Waals surface area contributed by atoms with Gasteiger partial charge in [-0.05, 0) is 24.5 Å². The molecule has 1 aromatic carbocycles. The molecule has 1 aromatic rings. The van der Waals surface area contributed by atoms with Gasteiger partial charge in [-0.15, -0.1) is 5.10 Å². The number of rotatable bonds is 6. The van der Waals surface area contributed by atoms with Gasteiger partial charge in [0.25, 0.3) is 0 Å². The Morgan fingerprint density at radius 2 is 2.00 bits per heavy atom. The first-order chi connectivity index (χ1) is 8.61. The van der Waals surface area contributed by atoms with E-state index in [1.807, 2.05) is 24.3 Å². The quantitative estimate of drug-likeness (QED) is 0.455. The lowest BCUT2D eigenvalue weighted by Gasteiger charge is -2.10. The monoisotopic (exact) mass is 248 g/mol. The maximum absolute atomic E-state index is 5.64. The van der Waals surface area contributed by atoms with E-state index in [1.165, 1.54) is 0 Å². The minimum Gasteiger partial charge on any atom is -0.374 e. The second-order valence-electron chi connectivity index (χ2n) is 4.04. The van der Waals surface area contributed by atoms with Crippen molar-refractivity contribution in [2.24, 2.45) is 21.7 Å². The van der Waals surface area contributed by atoms with E-state index in [0.717, 1.165) is 17.5 Å². The molecule has 0 spiro atoms. The highest BCUT2D eigenvalue weighted by Crippen LogP contribution is 2.07. The molecule has 0 fully saturated rings. The summed E-state index contributed by atoms with van der Waals surface area (Å²) in [5.74, 6) is -0.0511. The first-order valence-corrected chi connectivity index (χ1v) is 5.94. The molecule has 0 saturated heterocycles. The van der Waals surface area contributed by atoms with Crippen molar-refractivity contribution < 1.29 is 4.74 Å². The van der Waals surface area contributed by atoms with Crippen molar-refractivity contribution in [1.29, 1.82) is 0 Å². The predicted octanol–water partition coefficient (Wildman–Crippen LogP) is 1.61. The molecular formula is C13H20N4O. The van der Waals surface area contributed by atoms with Crippen molar-refractivity contribution >= 4 is 12.2 Å². The molecule has 0 saturated carbocycles. The van der Waals surface area contributed by atoms with Gasteiger partial charge >= 0.3 is 0 Å². The third-order valence-corrected chi connectivity index (χ3v) is 2.47. The highest BCUT2D eigenvalue weighted by atomic mass is 16.5. The Morgan fingerprint density at radius 3 is 2.56 bits per heavy atom. The van der Waals surface area contributed by atoms with E-state index in [0.29, 0.717) is 6.61 Å². The van der Waals surface area contributed by atoms with E-state index >= 15 is 0 Å². The zero-order valence-electron chi connectivity index (χ0n) is 10.8. The fourth-order valence-electron chi connectivity index (χ4n) is 1.22. The number of nitrogens with zero attached hydrogens (tertiary/aromatic N) is 2. The fourth-order valence-corrected chi connectivity index (χ4v) is 1.22. The summed E-state index contributed by atoms with van der Waals surface area (Å²) in [4.78, 5) is 0. The van der Waals surface area contributed by atoms with Gasteiger partial charge in [0.15, 0.2) is 0 Å². The van der Waals surface area contributed by atoms with E-state index in [2.05, 4.69) is 24.1 Å². The lowest BCUT2D eigenvalue weighted by Crippen LogP contribution is -2.21. The number of nitrogens with two attached hydrogens (primary N) is 2. The Kier molecular flexibility index (Phi) is 5.87. The molecule has 0 aliphatic heterocycles. The third-order valence-electron chi connectivity index (χ3n) is 2.47. The Balaban J connectivity index is 2.52. The maximum Gasteiger partial charge on any atom is 0.211 e. The molecule has 0 aliphatic rings. The fraction of sp³-hybridized carbons (Fsp3) is 0.385. The van der Waals surface area contributed by atoms with Crippen LogP contribution in [0, 0.1) is 0 Å². The van der Waals surface area contributed by atoms with Crippen LogP contribution < -0.4 is 11.5 Å². The largest absolute Gasteiger partial charge is 0.374 e. The molecule has 5 heteroatoms. The van der Waals surface area contributed by atoms with Crippen molar-refractivity contribution in [3.8, 4) is 0 Å². The number of hydrogen-bond donors (Lipinski definition) is 2. The molecule has 1 atom stereocenters. The van der Waals surface area contributed by atoms with Crippen LogP contribution in [0.2, 0.25) is 0 Å². The number of ether oxygens (including phenoxy) is 1. The lowest BCUT2D eigenvalue weighted by molar-refractivity contribution is 0.0508. The van der Waals surface area contributed by atoms with Gasteiger partial charge in [0.1, 0.15) is 0 Å². The van der Waals surface area contributed by atoms with Crippen LogP contribution in [-0.2, 0) is 11.3 Å². The van der Waals surface area contributed by atoms with Gasteiger partial charge in [-0.3, -0.25) is 0 Å². The van der Waals surface area contributed by atoms with Gasteiger partial charge in [0.05, 0.1) is 18.9 Å². The molecule has 1 unspecified atom stereocenters. The highest BCUT2D eigenvalue weighted by molar-refractivity contribution is 5.81. The van der Waals surface area contributed by atoms with Gasteiger partial charge in [-0.2, -0.15) is 5.10 Å². The summed E-state index contributed by atoms with van der Waals surface area (Å²) in [6, 6.07) is 7.89. The highest BCUT2D eigenvalue weighted by Gasteiger charge is 1.99. The number of hydrogen-bond acceptors (Lipinski definition) is 3. The van der Waals surface area contributed by atoms with Crippen LogP contribution >= 0.6 is 0 Å². The molecule has 5 nitrogen and oxygen atoms in total. The van der Waals surface area contributed by atoms with Crippen LogP contribution in [0.1, 0.15) is 31.4 Å². The summed E-state index contributed by atoms with van der Waals surface area (Å²) in [6.45, 7) is 4.80. The topological polar surface area (TPSA) is 86.0 Å². The zero-order chi connectivity index (χ0) is 13.4. The molecule has 18 heavy (non-hydrogen) atoms. The van der Waals surface area contributed by atoms with Gasteiger partial charge in [-0.1, -0.05) is 31.2 Å². The van der Waals surface area contributed by atoms with Crippen LogP contribution in [-0.4, -0.2) is 18.3 Å². The minimum atomic E-state index is -0.0511. The van der Waals surface area contributed by atoms with Crippen LogP contribution in [0.5, 0.6) is 0 Å².